The zero-order valence-corrected chi connectivity index (χ0v) is 23.7. The van der Waals surface area contributed by atoms with Crippen LogP contribution < -0.4 is 10.1 Å². The fourth-order valence-corrected chi connectivity index (χ4v) is 6.60. The van der Waals surface area contributed by atoms with Crippen LogP contribution in [0, 0.1) is 5.82 Å². The highest BCUT2D eigenvalue weighted by Crippen LogP contribution is 2.31. The molecule has 1 N–H and O–H groups in total. The molecule has 0 unspecified atom stereocenters. The van der Waals surface area contributed by atoms with Crippen molar-refractivity contribution < 1.29 is 36.7 Å². The van der Waals surface area contributed by atoms with E-state index in [0.29, 0.717) is 27.8 Å². The third kappa shape index (κ3) is 6.00. The van der Waals surface area contributed by atoms with Crippen LogP contribution in [0.4, 0.5) is 4.39 Å². The van der Waals surface area contributed by atoms with Gasteiger partial charge in [-0.1, -0.05) is 36.4 Å². The molecule has 42 heavy (non-hydrogen) atoms. The minimum atomic E-state index is -4.29. The normalized spacial score (nSPS) is 17.9. The van der Waals surface area contributed by atoms with Crippen molar-refractivity contribution in [2.24, 2.45) is 0 Å². The van der Waals surface area contributed by atoms with E-state index in [1.807, 2.05) is 0 Å². The van der Waals surface area contributed by atoms with Gasteiger partial charge >= 0.3 is 0 Å². The number of carbonyl (C=O) groups excluding carboxylic acids is 3. The van der Waals surface area contributed by atoms with Gasteiger partial charge in [-0.25, -0.2) is 17.1 Å². The minimum Gasteiger partial charge on any atom is -0.497 e. The summed E-state index contributed by atoms with van der Waals surface area (Å²) in [6, 6.07) is 16.4. The van der Waals surface area contributed by atoms with Crippen molar-refractivity contribution in [2.75, 3.05) is 26.8 Å². The summed E-state index contributed by atoms with van der Waals surface area (Å²) < 4.78 is 51.7. The number of carbonyl (C=O) groups is 3. The van der Waals surface area contributed by atoms with Gasteiger partial charge in [-0.15, -0.1) is 0 Å². The topological polar surface area (TPSA) is 122 Å². The second-order valence-corrected chi connectivity index (χ2v) is 11.8. The van der Waals surface area contributed by atoms with Crippen LogP contribution in [0.5, 0.6) is 5.75 Å². The standard InChI is InChI=1S/C30H30FN3O7S/c1-40-23-14-8-20(9-15-23)18-33(27(35)19-34-30(37)25-6-2-3-7-26(25)42(34,38)39)28(21-10-12-22(31)13-11-21)29(36)32-17-24-5-4-16-41-24/h2-3,6-15,24,28H,4-5,16-19H2,1H3,(H,32,36)/t24-,28+/m1/s1. The van der Waals surface area contributed by atoms with Crippen molar-refractivity contribution in [2.45, 2.75) is 36.4 Å². The van der Waals surface area contributed by atoms with E-state index in [4.69, 9.17) is 9.47 Å². The number of hydrogen-bond acceptors (Lipinski definition) is 7. The quantitative estimate of drug-likeness (QED) is 0.382. The molecule has 2 aliphatic heterocycles. The van der Waals surface area contributed by atoms with Gasteiger partial charge in [0.15, 0.2) is 0 Å². The second kappa shape index (κ2) is 12.3. The second-order valence-electron chi connectivity index (χ2n) is 10.0. The van der Waals surface area contributed by atoms with Gasteiger partial charge in [0.1, 0.15) is 29.0 Å². The fourth-order valence-electron chi connectivity index (χ4n) is 5.09. The first-order valence-electron chi connectivity index (χ1n) is 13.4. The first-order chi connectivity index (χ1) is 20.2. The summed E-state index contributed by atoms with van der Waals surface area (Å²) in [6.07, 6.45) is 1.45. The molecule has 10 nitrogen and oxygen atoms in total. The van der Waals surface area contributed by atoms with Crippen LogP contribution in [0.1, 0.15) is 40.4 Å². The van der Waals surface area contributed by atoms with E-state index in [-0.39, 0.29) is 29.7 Å². The first-order valence-corrected chi connectivity index (χ1v) is 14.9. The Morgan fingerprint density at radius 2 is 1.81 bits per heavy atom. The van der Waals surface area contributed by atoms with Gasteiger partial charge in [0, 0.05) is 19.7 Å². The van der Waals surface area contributed by atoms with E-state index in [0.717, 1.165) is 12.8 Å². The number of nitrogens with zero attached hydrogens (tertiary/aromatic N) is 2. The average Bonchev–Trinajstić information content (AvgIpc) is 3.58. The lowest BCUT2D eigenvalue weighted by molar-refractivity contribution is -0.141. The van der Waals surface area contributed by atoms with Crippen molar-refractivity contribution in [3.63, 3.8) is 0 Å². The van der Waals surface area contributed by atoms with Gasteiger partial charge in [-0.2, -0.15) is 0 Å². The zero-order valence-electron chi connectivity index (χ0n) is 22.9. The van der Waals surface area contributed by atoms with Gasteiger partial charge in [0.2, 0.25) is 11.8 Å². The average molecular weight is 596 g/mol. The van der Waals surface area contributed by atoms with Crippen LogP contribution >= 0.6 is 0 Å². The number of fused-ring (bicyclic) bond motifs is 1. The van der Waals surface area contributed by atoms with Gasteiger partial charge < -0.3 is 19.7 Å². The van der Waals surface area contributed by atoms with Crippen molar-refractivity contribution in [3.8, 4) is 5.75 Å². The third-order valence-electron chi connectivity index (χ3n) is 7.30. The molecule has 1 fully saturated rings. The van der Waals surface area contributed by atoms with E-state index in [1.165, 1.54) is 60.5 Å². The Morgan fingerprint density at radius 3 is 2.45 bits per heavy atom. The number of nitrogens with one attached hydrogen (secondary N) is 1. The summed E-state index contributed by atoms with van der Waals surface area (Å²) in [5.41, 5.74) is 0.889. The van der Waals surface area contributed by atoms with Crippen LogP contribution in [0.2, 0.25) is 0 Å². The largest absolute Gasteiger partial charge is 0.497 e. The molecule has 0 spiro atoms. The molecule has 0 aromatic heterocycles. The molecule has 2 atom stereocenters. The van der Waals surface area contributed by atoms with Crippen molar-refractivity contribution in [1.29, 1.82) is 0 Å². The highest BCUT2D eigenvalue weighted by Gasteiger charge is 2.43. The summed E-state index contributed by atoms with van der Waals surface area (Å²) in [5.74, 6) is -2.14. The zero-order chi connectivity index (χ0) is 29.9. The smallest absolute Gasteiger partial charge is 0.269 e. The molecule has 2 heterocycles. The summed E-state index contributed by atoms with van der Waals surface area (Å²) in [7, 11) is -2.78. The Kier molecular flexibility index (Phi) is 8.55. The number of rotatable bonds is 10. The molecule has 3 amide bonds. The van der Waals surface area contributed by atoms with Crippen LogP contribution in [0.3, 0.4) is 0 Å². The SMILES string of the molecule is COc1ccc(CN(C(=O)CN2C(=O)c3ccccc3S2(=O)=O)[C@H](C(=O)NC[C@H]2CCCO2)c2ccc(F)cc2)cc1. The summed E-state index contributed by atoms with van der Waals surface area (Å²) in [4.78, 5) is 41.9. The summed E-state index contributed by atoms with van der Waals surface area (Å²) >= 11 is 0. The van der Waals surface area contributed by atoms with Crippen molar-refractivity contribution >= 4 is 27.7 Å². The van der Waals surface area contributed by atoms with Crippen molar-refractivity contribution in [1.82, 2.24) is 14.5 Å². The van der Waals surface area contributed by atoms with Crippen molar-refractivity contribution in [3.05, 3.63) is 95.3 Å². The molecule has 1 saturated heterocycles. The van der Waals surface area contributed by atoms with E-state index in [2.05, 4.69) is 5.32 Å². The van der Waals surface area contributed by atoms with Gasteiger partial charge in [0.25, 0.3) is 15.9 Å². The highest BCUT2D eigenvalue weighted by atomic mass is 32.2. The molecule has 0 bridgehead atoms. The lowest BCUT2D eigenvalue weighted by Crippen LogP contribution is -2.48. The monoisotopic (exact) mass is 595 g/mol. The number of amides is 3. The maximum atomic E-state index is 14.0. The Bertz CT molecular complexity index is 1570. The number of halogens is 1. The number of ether oxygens (including phenoxy) is 2. The Hall–Kier alpha value is -4.29. The molecule has 0 aliphatic carbocycles. The third-order valence-corrected chi connectivity index (χ3v) is 9.08. The number of hydrogen-bond donors (Lipinski definition) is 1. The Labute approximate surface area is 243 Å². The first kappa shape index (κ1) is 29.2. The minimum absolute atomic E-state index is 0.0311. The van der Waals surface area contributed by atoms with Gasteiger partial charge in [-0.3, -0.25) is 14.4 Å². The molecule has 0 radical (unpaired) electrons. The van der Waals surface area contributed by atoms with Crippen LogP contribution in [0.15, 0.2) is 77.7 Å². The fraction of sp³-hybridized carbons (Fsp3) is 0.300. The van der Waals surface area contributed by atoms with E-state index >= 15 is 0 Å². The summed E-state index contributed by atoms with van der Waals surface area (Å²) in [6.45, 7) is -0.157. The molecule has 2 aliphatic rings. The van der Waals surface area contributed by atoms with E-state index < -0.39 is 46.1 Å². The maximum absolute atomic E-state index is 14.0. The molecule has 220 valence electrons. The molecule has 0 saturated carbocycles. The van der Waals surface area contributed by atoms with Crippen LogP contribution in [-0.2, 0) is 30.9 Å². The molecular formula is C30H30FN3O7S. The summed E-state index contributed by atoms with van der Waals surface area (Å²) in [5, 5.41) is 2.84. The van der Waals surface area contributed by atoms with Crippen LogP contribution in [-0.4, -0.2) is 68.3 Å². The predicted octanol–water partition coefficient (Wildman–Crippen LogP) is 3.04. The number of benzene rings is 3. The van der Waals surface area contributed by atoms with Gasteiger partial charge in [0.05, 0.1) is 18.8 Å². The Morgan fingerprint density at radius 1 is 1.10 bits per heavy atom. The van der Waals surface area contributed by atoms with E-state index in [9.17, 15) is 27.2 Å². The molecule has 5 rings (SSSR count). The van der Waals surface area contributed by atoms with Crippen LogP contribution in [0.25, 0.3) is 0 Å². The lowest BCUT2D eigenvalue weighted by Gasteiger charge is -2.33. The van der Waals surface area contributed by atoms with Gasteiger partial charge in [-0.05, 0) is 60.4 Å². The van der Waals surface area contributed by atoms with E-state index in [1.54, 1.807) is 24.3 Å². The molecular weight excluding hydrogens is 565 g/mol. The lowest BCUT2D eigenvalue weighted by atomic mass is 10.0. The Balaban J connectivity index is 1.50. The maximum Gasteiger partial charge on any atom is 0.269 e. The number of methoxy groups -OCH3 is 1. The molecule has 3 aromatic carbocycles. The molecule has 12 heteroatoms. The molecule has 3 aromatic rings. The number of sulfonamides is 1. The highest BCUT2D eigenvalue weighted by molar-refractivity contribution is 7.90. The predicted molar refractivity (Wildman–Crippen MR) is 149 cm³/mol.